The predicted octanol–water partition coefficient (Wildman–Crippen LogP) is 3.60. The second-order valence-electron chi connectivity index (χ2n) is 9.32. The van der Waals surface area contributed by atoms with E-state index in [0.29, 0.717) is 35.7 Å². The Kier molecular flexibility index (Phi) is 6.70. The van der Waals surface area contributed by atoms with E-state index in [1.54, 1.807) is 13.2 Å². The minimum atomic E-state index is -0.611. The highest BCUT2D eigenvalue weighted by Gasteiger charge is 2.34. The average molecular weight is 475 g/mol. The third kappa shape index (κ3) is 4.88. The second-order valence-corrected chi connectivity index (χ2v) is 9.32. The standard InChI is InChI=1S/C28H30N2O5/c1-34-22-7-4-8-23(15-22)35-18-21(31)17-29-13-11-19(12-14-29)16-30-27(32)24-9-2-5-20-6-3-10-25(26(20)24)28(30)33/h2-10,15,19,21,31H,11-14,16-18H2,1H3/t21-/m1/s1. The molecule has 0 radical (unpaired) electrons. The number of aliphatic hydroxyl groups excluding tert-OH is 1. The van der Waals surface area contributed by atoms with Crippen LogP contribution < -0.4 is 9.47 Å². The zero-order valence-electron chi connectivity index (χ0n) is 19.9. The number of rotatable bonds is 8. The summed E-state index contributed by atoms with van der Waals surface area (Å²) in [5.74, 6) is 1.22. The lowest BCUT2D eigenvalue weighted by Crippen LogP contribution is -2.46. The monoisotopic (exact) mass is 474 g/mol. The van der Waals surface area contributed by atoms with Gasteiger partial charge in [-0.1, -0.05) is 30.3 Å². The number of aliphatic hydroxyl groups is 1. The highest BCUT2D eigenvalue weighted by atomic mass is 16.5. The predicted molar refractivity (Wildman–Crippen MR) is 133 cm³/mol. The largest absolute Gasteiger partial charge is 0.497 e. The van der Waals surface area contributed by atoms with Crippen molar-refractivity contribution in [1.29, 1.82) is 0 Å². The van der Waals surface area contributed by atoms with Crippen LogP contribution in [0.15, 0.2) is 60.7 Å². The maximum Gasteiger partial charge on any atom is 0.261 e. The number of carbonyl (C=O) groups is 2. The third-order valence-corrected chi connectivity index (χ3v) is 6.96. The molecule has 0 saturated carbocycles. The van der Waals surface area contributed by atoms with Gasteiger partial charge in [0, 0.05) is 35.7 Å². The molecule has 1 saturated heterocycles. The lowest BCUT2D eigenvalue weighted by atomic mass is 9.91. The molecule has 2 aliphatic heterocycles. The van der Waals surface area contributed by atoms with Gasteiger partial charge in [0.2, 0.25) is 0 Å². The van der Waals surface area contributed by atoms with Crippen molar-refractivity contribution in [3.63, 3.8) is 0 Å². The van der Waals surface area contributed by atoms with E-state index in [1.807, 2.05) is 54.6 Å². The van der Waals surface area contributed by atoms with E-state index >= 15 is 0 Å². The maximum absolute atomic E-state index is 13.2. The van der Waals surface area contributed by atoms with Crippen LogP contribution >= 0.6 is 0 Å². The fourth-order valence-corrected chi connectivity index (χ4v) is 5.09. The number of benzene rings is 3. The Bertz CT molecular complexity index is 1180. The van der Waals surface area contributed by atoms with Crippen molar-refractivity contribution in [1.82, 2.24) is 9.80 Å². The van der Waals surface area contributed by atoms with E-state index < -0.39 is 6.10 Å². The van der Waals surface area contributed by atoms with Crippen LogP contribution in [0.3, 0.4) is 0 Å². The molecule has 2 amide bonds. The molecule has 0 unspecified atom stereocenters. The molecule has 0 aromatic heterocycles. The van der Waals surface area contributed by atoms with E-state index in [2.05, 4.69) is 4.90 Å². The minimum Gasteiger partial charge on any atom is -0.497 e. The van der Waals surface area contributed by atoms with Crippen LogP contribution in [-0.4, -0.2) is 72.7 Å². The fraction of sp³-hybridized carbons (Fsp3) is 0.357. The number of hydrogen-bond donors (Lipinski definition) is 1. The lowest BCUT2D eigenvalue weighted by Gasteiger charge is -2.36. The molecule has 35 heavy (non-hydrogen) atoms. The number of hydrogen-bond acceptors (Lipinski definition) is 6. The summed E-state index contributed by atoms with van der Waals surface area (Å²) < 4.78 is 10.9. The van der Waals surface area contributed by atoms with Gasteiger partial charge in [-0.15, -0.1) is 0 Å². The minimum absolute atomic E-state index is 0.202. The van der Waals surface area contributed by atoms with E-state index in [0.717, 1.165) is 36.7 Å². The summed E-state index contributed by atoms with van der Waals surface area (Å²) in [5, 5.41) is 12.1. The first kappa shape index (κ1) is 23.3. The molecular weight excluding hydrogens is 444 g/mol. The van der Waals surface area contributed by atoms with Crippen molar-refractivity contribution in [3.8, 4) is 11.5 Å². The number of ether oxygens (including phenoxy) is 2. The van der Waals surface area contributed by atoms with Gasteiger partial charge in [0.1, 0.15) is 24.2 Å². The molecule has 7 nitrogen and oxygen atoms in total. The van der Waals surface area contributed by atoms with E-state index in [4.69, 9.17) is 9.47 Å². The van der Waals surface area contributed by atoms with E-state index in [1.165, 1.54) is 4.90 Å². The molecule has 0 spiro atoms. The molecule has 1 fully saturated rings. The molecule has 182 valence electrons. The van der Waals surface area contributed by atoms with Gasteiger partial charge >= 0.3 is 0 Å². The topological polar surface area (TPSA) is 79.3 Å². The number of methoxy groups -OCH3 is 1. The van der Waals surface area contributed by atoms with Crippen LogP contribution in [0.5, 0.6) is 11.5 Å². The van der Waals surface area contributed by atoms with Crippen molar-refractivity contribution in [3.05, 3.63) is 71.8 Å². The van der Waals surface area contributed by atoms with Gasteiger partial charge in [-0.3, -0.25) is 14.5 Å². The number of carbonyl (C=O) groups excluding carboxylic acids is 2. The van der Waals surface area contributed by atoms with Gasteiger partial charge in [-0.05, 0) is 61.5 Å². The molecule has 3 aromatic carbocycles. The van der Waals surface area contributed by atoms with Crippen LogP contribution in [-0.2, 0) is 0 Å². The molecule has 2 heterocycles. The van der Waals surface area contributed by atoms with Gasteiger partial charge in [0.25, 0.3) is 11.8 Å². The smallest absolute Gasteiger partial charge is 0.261 e. The first-order chi connectivity index (χ1) is 17.0. The summed E-state index contributed by atoms with van der Waals surface area (Å²) in [5.41, 5.74) is 1.21. The Morgan fingerprint density at radius 2 is 1.57 bits per heavy atom. The Morgan fingerprint density at radius 3 is 2.23 bits per heavy atom. The Labute approximate surface area is 204 Å². The van der Waals surface area contributed by atoms with Crippen molar-refractivity contribution in [2.24, 2.45) is 5.92 Å². The highest BCUT2D eigenvalue weighted by Crippen LogP contribution is 2.31. The van der Waals surface area contributed by atoms with Crippen molar-refractivity contribution >= 4 is 22.6 Å². The molecule has 7 heteroatoms. The number of nitrogens with zero attached hydrogens (tertiary/aromatic N) is 2. The average Bonchev–Trinajstić information content (AvgIpc) is 2.89. The Balaban J connectivity index is 1.13. The molecular formula is C28H30N2O5. The second kappa shape index (κ2) is 10.1. The maximum atomic E-state index is 13.2. The number of imide groups is 1. The zero-order chi connectivity index (χ0) is 24.4. The van der Waals surface area contributed by atoms with Crippen LogP contribution in [0.2, 0.25) is 0 Å². The normalized spacial score (nSPS) is 17.6. The first-order valence-electron chi connectivity index (χ1n) is 12.1. The van der Waals surface area contributed by atoms with Crippen LogP contribution in [0, 0.1) is 5.92 Å². The third-order valence-electron chi connectivity index (χ3n) is 6.96. The fourth-order valence-electron chi connectivity index (χ4n) is 5.09. The zero-order valence-corrected chi connectivity index (χ0v) is 19.9. The van der Waals surface area contributed by atoms with Crippen molar-refractivity contribution in [2.45, 2.75) is 18.9 Å². The molecule has 2 aliphatic rings. The Morgan fingerprint density at radius 1 is 0.943 bits per heavy atom. The molecule has 1 atom stereocenters. The van der Waals surface area contributed by atoms with Gasteiger partial charge in [0.15, 0.2) is 0 Å². The van der Waals surface area contributed by atoms with Crippen LogP contribution in [0.4, 0.5) is 0 Å². The molecule has 1 N–H and O–H groups in total. The lowest BCUT2D eigenvalue weighted by molar-refractivity contribution is 0.0453. The van der Waals surface area contributed by atoms with E-state index in [9.17, 15) is 14.7 Å². The summed E-state index contributed by atoms with van der Waals surface area (Å²) in [7, 11) is 1.61. The summed E-state index contributed by atoms with van der Waals surface area (Å²) in [6.45, 7) is 2.77. The molecule has 3 aromatic rings. The van der Waals surface area contributed by atoms with E-state index in [-0.39, 0.29) is 24.3 Å². The summed E-state index contributed by atoms with van der Waals surface area (Å²) in [6, 6.07) is 18.6. The quantitative estimate of drug-likeness (QED) is 0.503. The molecule has 0 aliphatic carbocycles. The number of likely N-dealkylation sites (tertiary alicyclic amines) is 1. The van der Waals surface area contributed by atoms with Crippen LogP contribution in [0.1, 0.15) is 33.6 Å². The Hall–Kier alpha value is -3.42. The summed E-state index contributed by atoms with van der Waals surface area (Å²) in [4.78, 5) is 30.0. The number of piperidine rings is 1. The number of β-amino-alcohol motifs (C(OH)–C–C–N with tert-alkyl or cyclic N) is 1. The summed E-state index contributed by atoms with van der Waals surface area (Å²) in [6.07, 6.45) is 1.12. The SMILES string of the molecule is COc1cccc(OC[C@H](O)CN2CCC(CN3C(=O)c4cccc5cccc(c45)C3=O)CC2)c1. The summed E-state index contributed by atoms with van der Waals surface area (Å²) >= 11 is 0. The van der Waals surface area contributed by atoms with Gasteiger partial charge in [0.05, 0.1) is 7.11 Å². The van der Waals surface area contributed by atoms with Crippen molar-refractivity contribution in [2.75, 3.05) is 39.9 Å². The molecule has 0 bridgehead atoms. The molecule has 5 rings (SSSR count). The van der Waals surface area contributed by atoms with Crippen LogP contribution in [0.25, 0.3) is 10.8 Å². The van der Waals surface area contributed by atoms with Gasteiger partial charge in [-0.25, -0.2) is 0 Å². The van der Waals surface area contributed by atoms with Gasteiger partial charge in [-0.2, -0.15) is 0 Å². The highest BCUT2D eigenvalue weighted by molar-refractivity contribution is 6.25. The van der Waals surface area contributed by atoms with Crippen molar-refractivity contribution < 1.29 is 24.2 Å². The first-order valence-corrected chi connectivity index (χ1v) is 12.1. The number of amides is 2. The van der Waals surface area contributed by atoms with Gasteiger partial charge < -0.3 is 19.5 Å².